The van der Waals surface area contributed by atoms with Crippen molar-refractivity contribution >= 4 is 23.2 Å². The highest BCUT2D eigenvalue weighted by Crippen LogP contribution is 2.25. The first-order chi connectivity index (χ1) is 14.4. The summed E-state index contributed by atoms with van der Waals surface area (Å²) in [6.45, 7) is 5.34. The third-order valence-corrected chi connectivity index (χ3v) is 6.50. The predicted molar refractivity (Wildman–Crippen MR) is 116 cm³/mol. The molecule has 2 aliphatic heterocycles. The van der Waals surface area contributed by atoms with E-state index in [9.17, 15) is 14.4 Å². The minimum Gasteiger partial charge on any atom is -0.354 e. The second kappa shape index (κ2) is 8.71. The number of carbonyl (C=O) groups is 2. The van der Waals surface area contributed by atoms with Crippen LogP contribution in [-0.4, -0.2) is 39.4 Å². The van der Waals surface area contributed by atoms with Gasteiger partial charge < -0.3 is 10.2 Å². The van der Waals surface area contributed by atoms with Crippen LogP contribution in [0.3, 0.4) is 0 Å². The second-order valence-corrected chi connectivity index (χ2v) is 9.35. The van der Waals surface area contributed by atoms with Gasteiger partial charge in [-0.2, -0.15) is 11.3 Å². The molecule has 0 fully saturated rings. The maximum atomic E-state index is 13.4. The number of carbonyl (C=O) groups excluding carboxylic acids is 2. The van der Waals surface area contributed by atoms with Crippen LogP contribution in [0.25, 0.3) is 0 Å². The van der Waals surface area contributed by atoms with Gasteiger partial charge in [0.25, 0.3) is 11.5 Å². The molecular formula is C22H28N4O3S. The standard InChI is InChI=1S/C22H28N4O3S/c1-14(2)10-20(27)23-11-16-4-3-5-19-24-18-6-8-25(12-17(18)22(29)26(16)19)21(28)15-7-9-30-13-15/h7,9,13-14,16H,3-6,8,10-12H2,1-2H3,(H,23,27)/t16-/m0/s1. The summed E-state index contributed by atoms with van der Waals surface area (Å²) < 4.78 is 1.77. The molecule has 0 radical (unpaired) electrons. The molecule has 8 heteroatoms. The second-order valence-electron chi connectivity index (χ2n) is 8.57. The zero-order valence-electron chi connectivity index (χ0n) is 17.5. The molecule has 0 aliphatic carbocycles. The number of nitrogens with zero attached hydrogens (tertiary/aromatic N) is 3. The molecule has 0 unspecified atom stereocenters. The van der Waals surface area contributed by atoms with E-state index in [0.717, 1.165) is 30.8 Å². The van der Waals surface area contributed by atoms with Gasteiger partial charge >= 0.3 is 0 Å². The number of aryl methyl sites for hydroxylation is 1. The first-order valence-electron chi connectivity index (χ1n) is 10.7. The van der Waals surface area contributed by atoms with Crippen LogP contribution in [0.2, 0.25) is 0 Å². The molecule has 0 saturated heterocycles. The number of hydrogen-bond donors (Lipinski definition) is 1. The summed E-state index contributed by atoms with van der Waals surface area (Å²) >= 11 is 1.49. The van der Waals surface area contributed by atoms with Gasteiger partial charge in [0.15, 0.2) is 0 Å². The lowest BCUT2D eigenvalue weighted by atomic mass is 10.00. The van der Waals surface area contributed by atoms with Crippen molar-refractivity contribution in [2.75, 3.05) is 13.1 Å². The molecule has 1 N–H and O–H groups in total. The maximum absolute atomic E-state index is 13.4. The number of hydrogen-bond acceptors (Lipinski definition) is 5. The van der Waals surface area contributed by atoms with Gasteiger partial charge in [0.1, 0.15) is 5.82 Å². The SMILES string of the molecule is CC(C)CC(=O)NC[C@@H]1CCCc2nc3c(c(=O)n21)CN(C(=O)c1ccsc1)CC3. The molecule has 160 valence electrons. The molecule has 1 atom stereocenters. The molecule has 0 saturated carbocycles. The first-order valence-corrected chi connectivity index (χ1v) is 11.6. The van der Waals surface area contributed by atoms with Crippen molar-refractivity contribution in [3.8, 4) is 0 Å². The van der Waals surface area contributed by atoms with E-state index < -0.39 is 0 Å². The first kappa shape index (κ1) is 20.8. The minimum atomic E-state index is -0.0851. The number of fused-ring (bicyclic) bond motifs is 2. The molecular weight excluding hydrogens is 400 g/mol. The third kappa shape index (κ3) is 4.19. The van der Waals surface area contributed by atoms with Gasteiger partial charge in [0.05, 0.1) is 29.4 Å². The molecule has 0 bridgehead atoms. The zero-order valence-corrected chi connectivity index (χ0v) is 18.3. The van der Waals surface area contributed by atoms with Gasteiger partial charge in [-0.15, -0.1) is 0 Å². The van der Waals surface area contributed by atoms with E-state index in [1.807, 2.05) is 30.7 Å². The van der Waals surface area contributed by atoms with Gasteiger partial charge in [-0.25, -0.2) is 4.98 Å². The van der Waals surface area contributed by atoms with Crippen LogP contribution in [0.15, 0.2) is 21.6 Å². The van der Waals surface area contributed by atoms with E-state index in [1.54, 1.807) is 9.47 Å². The Hall–Kier alpha value is -2.48. The summed E-state index contributed by atoms with van der Waals surface area (Å²) in [6.07, 6.45) is 3.66. The highest BCUT2D eigenvalue weighted by Gasteiger charge is 2.30. The fourth-order valence-corrected chi connectivity index (χ4v) is 4.96. The van der Waals surface area contributed by atoms with Crippen LogP contribution in [0.4, 0.5) is 0 Å². The normalized spacial score (nSPS) is 18.1. The number of rotatable bonds is 5. The van der Waals surface area contributed by atoms with Gasteiger partial charge in [-0.1, -0.05) is 13.8 Å². The fourth-order valence-electron chi connectivity index (χ4n) is 4.33. The minimum absolute atomic E-state index is 0.0172. The van der Waals surface area contributed by atoms with Crippen molar-refractivity contribution < 1.29 is 9.59 Å². The van der Waals surface area contributed by atoms with Crippen LogP contribution in [0.5, 0.6) is 0 Å². The quantitative estimate of drug-likeness (QED) is 0.793. The van der Waals surface area contributed by atoms with Crippen molar-refractivity contribution in [2.24, 2.45) is 5.92 Å². The summed E-state index contributed by atoms with van der Waals surface area (Å²) in [6, 6.07) is 1.73. The van der Waals surface area contributed by atoms with E-state index in [1.165, 1.54) is 11.3 Å². The number of thiophene rings is 1. The van der Waals surface area contributed by atoms with E-state index in [0.29, 0.717) is 49.5 Å². The van der Waals surface area contributed by atoms with Crippen LogP contribution in [0, 0.1) is 5.92 Å². The third-order valence-electron chi connectivity index (χ3n) is 5.82. The molecule has 4 heterocycles. The molecule has 2 aromatic heterocycles. The Kier molecular flexibility index (Phi) is 6.04. The van der Waals surface area contributed by atoms with Crippen molar-refractivity contribution in [1.29, 1.82) is 0 Å². The maximum Gasteiger partial charge on any atom is 0.259 e. The highest BCUT2D eigenvalue weighted by atomic mass is 32.1. The molecule has 2 aliphatic rings. The summed E-state index contributed by atoms with van der Waals surface area (Å²) in [7, 11) is 0. The lowest BCUT2D eigenvalue weighted by Gasteiger charge is -2.32. The average Bonchev–Trinajstić information content (AvgIpc) is 3.26. The van der Waals surface area contributed by atoms with Crippen molar-refractivity contribution in [3.63, 3.8) is 0 Å². The molecule has 0 spiro atoms. The highest BCUT2D eigenvalue weighted by molar-refractivity contribution is 7.08. The Morgan fingerprint density at radius 3 is 2.90 bits per heavy atom. The Balaban J connectivity index is 1.57. The predicted octanol–water partition coefficient (Wildman–Crippen LogP) is 2.54. The number of aromatic nitrogens is 2. The van der Waals surface area contributed by atoms with E-state index in [-0.39, 0.29) is 23.4 Å². The Morgan fingerprint density at radius 1 is 1.33 bits per heavy atom. The molecule has 7 nitrogen and oxygen atoms in total. The topological polar surface area (TPSA) is 84.3 Å². The van der Waals surface area contributed by atoms with Crippen LogP contribution in [-0.2, 0) is 24.2 Å². The summed E-state index contributed by atoms with van der Waals surface area (Å²) in [4.78, 5) is 44.8. The van der Waals surface area contributed by atoms with Crippen LogP contribution >= 0.6 is 11.3 Å². The number of amides is 2. The monoisotopic (exact) mass is 428 g/mol. The van der Waals surface area contributed by atoms with E-state index in [4.69, 9.17) is 4.98 Å². The van der Waals surface area contributed by atoms with Gasteiger partial charge in [0.2, 0.25) is 5.91 Å². The van der Waals surface area contributed by atoms with Gasteiger partial charge in [0, 0.05) is 37.7 Å². The summed E-state index contributed by atoms with van der Waals surface area (Å²) in [5.41, 5.74) is 2.06. The summed E-state index contributed by atoms with van der Waals surface area (Å²) in [5.74, 6) is 1.09. The van der Waals surface area contributed by atoms with E-state index >= 15 is 0 Å². The van der Waals surface area contributed by atoms with Crippen LogP contribution in [0.1, 0.15) is 66.6 Å². The molecule has 30 heavy (non-hydrogen) atoms. The van der Waals surface area contributed by atoms with Crippen LogP contribution < -0.4 is 10.9 Å². The van der Waals surface area contributed by atoms with E-state index in [2.05, 4.69) is 5.32 Å². The zero-order chi connectivity index (χ0) is 21.3. The summed E-state index contributed by atoms with van der Waals surface area (Å²) in [5, 5.41) is 6.71. The fraction of sp³-hybridized carbons (Fsp3) is 0.545. The lowest BCUT2D eigenvalue weighted by Crippen LogP contribution is -2.45. The molecule has 2 amide bonds. The Labute approximate surface area is 180 Å². The smallest absolute Gasteiger partial charge is 0.259 e. The van der Waals surface area contributed by atoms with Crippen molar-refractivity contribution in [2.45, 2.75) is 58.5 Å². The largest absolute Gasteiger partial charge is 0.354 e. The van der Waals surface area contributed by atoms with Crippen molar-refractivity contribution in [3.05, 3.63) is 49.8 Å². The average molecular weight is 429 g/mol. The Bertz CT molecular complexity index is 997. The Morgan fingerprint density at radius 2 is 2.17 bits per heavy atom. The number of nitrogens with one attached hydrogen (secondary N) is 1. The van der Waals surface area contributed by atoms with Gasteiger partial charge in [-0.3, -0.25) is 19.0 Å². The van der Waals surface area contributed by atoms with Gasteiger partial charge in [-0.05, 0) is 30.2 Å². The molecule has 2 aromatic rings. The van der Waals surface area contributed by atoms with Crippen molar-refractivity contribution in [1.82, 2.24) is 19.8 Å². The molecule has 4 rings (SSSR count). The molecule has 0 aromatic carbocycles. The lowest BCUT2D eigenvalue weighted by molar-refractivity contribution is -0.121.